The van der Waals surface area contributed by atoms with Crippen molar-refractivity contribution in [1.82, 2.24) is 9.97 Å². The second-order valence-electron chi connectivity index (χ2n) is 2.86. The van der Waals surface area contributed by atoms with Crippen molar-refractivity contribution in [1.29, 1.82) is 0 Å². The molecule has 0 bridgehead atoms. The van der Waals surface area contributed by atoms with Gasteiger partial charge in [0.05, 0.1) is 5.69 Å². The van der Waals surface area contributed by atoms with E-state index in [0.717, 1.165) is 0 Å². The highest BCUT2D eigenvalue weighted by Crippen LogP contribution is 2.21. The molecule has 0 fully saturated rings. The van der Waals surface area contributed by atoms with Gasteiger partial charge in [-0.3, -0.25) is 9.78 Å². The molecule has 0 unspecified atom stereocenters. The van der Waals surface area contributed by atoms with E-state index in [1.165, 1.54) is 17.5 Å². The number of hydrogen-bond donors (Lipinski definition) is 2. The van der Waals surface area contributed by atoms with Gasteiger partial charge in [-0.15, -0.1) is 11.3 Å². The number of primary amides is 1. The van der Waals surface area contributed by atoms with Crippen molar-refractivity contribution in [3.05, 3.63) is 29.3 Å². The van der Waals surface area contributed by atoms with Crippen LogP contribution in [0.2, 0.25) is 0 Å². The molecular formula is C9H8N4OS. The summed E-state index contributed by atoms with van der Waals surface area (Å²) in [7, 11) is 0. The molecule has 0 spiro atoms. The first-order valence-corrected chi connectivity index (χ1v) is 5.02. The van der Waals surface area contributed by atoms with E-state index < -0.39 is 5.91 Å². The maximum absolute atomic E-state index is 10.9. The fourth-order valence-corrected chi connectivity index (χ4v) is 1.69. The predicted molar refractivity (Wildman–Crippen MR) is 58.3 cm³/mol. The lowest BCUT2D eigenvalue weighted by atomic mass is 10.2. The first-order chi connectivity index (χ1) is 7.16. The Morgan fingerprint density at radius 3 is 2.80 bits per heavy atom. The van der Waals surface area contributed by atoms with E-state index in [0.29, 0.717) is 22.1 Å². The third-order valence-corrected chi connectivity index (χ3v) is 2.50. The lowest BCUT2D eigenvalue weighted by Crippen LogP contribution is -2.10. The number of nitrogens with zero attached hydrogens (tertiary/aromatic N) is 2. The van der Waals surface area contributed by atoms with Crippen molar-refractivity contribution in [2.24, 2.45) is 5.73 Å². The Morgan fingerprint density at radius 1 is 1.40 bits per heavy atom. The van der Waals surface area contributed by atoms with Gasteiger partial charge in [0, 0.05) is 17.1 Å². The van der Waals surface area contributed by atoms with Crippen LogP contribution in [0.1, 0.15) is 10.4 Å². The van der Waals surface area contributed by atoms with E-state index in [-0.39, 0.29) is 0 Å². The van der Waals surface area contributed by atoms with Gasteiger partial charge in [0.1, 0.15) is 5.69 Å². The van der Waals surface area contributed by atoms with Gasteiger partial charge in [-0.2, -0.15) is 0 Å². The van der Waals surface area contributed by atoms with E-state index in [9.17, 15) is 4.79 Å². The van der Waals surface area contributed by atoms with Crippen LogP contribution in [0.4, 0.5) is 5.13 Å². The zero-order valence-electron chi connectivity index (χ0n) is 7.68. The molecule has 76 valence electrons. The van der Waals surface area contributed by atoms with Crippen molar-refractivity contribution in [3.63, 3.8) is 0 Å². The third kappa shape index (κ3) is 1.94. The summed E-state index contributed by atoms with van der Waals surface area (Å²) < 4.78 is 0. The Labute approximate surface area is 89.8 Å². The SMILES string of the molecule is NC(=O)c1ccnc(-c2csc(N)n2)c1. The predicted octanol–water partition coefficient (Wildman–Crippen LogP) is 0.886. The number of aromatic nitrogens is 2. The molecule has 1 amide bonds. The zero-order valence-corrected chi connectivity index (χ0v) is 8.49. The summed E-state index contributed by atoms with van der Waals surface area (Å²) in [4.78, 5) is 19.1. The topological polar surface area (TPSA) is 94.9 Å². The highest BCUT2D eigenvalue weighted by Gasteiger charge is 2.06. The van der Waals surface area contributed by atoms with Crippen LogP contribution >= 0.6 is 11.3 Å². The van der Waals surface area contributed by atoms with Gasteiger partial charge in [0.2, 0.25) is 5.91 Å². The molecule has 2 rings (SSSR count). The van der Waals surface area contributed by atoms with E-state index in [2.05, 4.69) is 9.97 Å². The zero-order chi connectivity index (χ0) is 10.8. The molecule has 0 aliphatic heterocycles. The number of hydrogen-bond acceptors (Lipinski definition) is 5. The normalized spacial score (nSPS) is 10.1. The smallest absolute Gasteiger partial charge is 0.248 e. The molecule has 2 aromatic rings. The molecule has 0 radical (unpaired) electrons. The van der Waals surface area contributed by atoms with Crippen LogP contribution in [-0.2, 0) is 0 Å². The first-order valence-electron chi connectivity index (χ1n) is 4.14. The summed E-state index contributed by atoms with van der Waals surface area (Å²) in [5, 5.41) is 2.25. The van der Waals surface area contributed by atoms with Gasteiger partial charge in [-0.25, -0.2) is 4.98 Å². The van der Waals surface area contributed by atoms with Crippen molar-refractivity contribution in [2.45, 2.75) is 0 Å². The summed E-state index contributed by atoms with van der Waals surface area (Å²) in [6.45, 7) is 0. The summed E-state index contributed by atoms with van der Waals surface area (Å²) in [6, 6.07) is 3.15. The van der Waals surface area contributed by atoms with Crippen molar-refractivity contribution >= 4 is 22.4 Å². The fraction of sp³-hybridized carbons (Fsp3) is 0. The highest BCUT2D eigenvalue weighted by atomic mass is 32.1. The van der Waals surface area contributed by atoms with E-state index in [1.807, 2.05) is 0 Å². The van der Waals surface area contributed by atoms with Crippen LogP contribution in [0.3, 0.4) is 0 Å². The van der Waals surface area contributed by atoms with Crippen LogP contribution < -0.4 is 11.5 Å². The van der Waals surface area contributed by atoms with E-state index in [1.54, 1.807) is 17.5 Å². The number of rotatable bonds is 2. The molecule has 4 N–H and O–H groups in total. The van der Waals surface area contributed by atoms with Crippen LogP contribution in [0, 0.1) is 0 Å². The third-order valence-electron chi connectivity index (χ3n) is 1.83. The average molecular weight is 220 g/mol. The molecule has 15 heavy (non-hydrogen) atoms. The number of pyridine rings is 1. The Hall–Kier alpha value is -1.95. The van der Waals surface area contributed by atoms with Crippen LogP contribution in [0.15, 0.2) is 23.7 Å². The van der Waals surface area contributed by atoms with E-state index in [4.69, 9.17) is 11.5 Å². The first kappa shape index (κ1) is 9.60. The molecule has 0 aliphatic rings. The monoisotopic (exact) mass is 220 g/mol. The fourth-order valence-electron chi connectivity index (χ4n) is 1.13. The molecule has 0 atom stereocenters. The van der Waals surface area contributed by atoms with Gasteiger partial charge in [-0.05, 0) is 12.1 Å². The molecule has 2 aromatic heterocycles. The van der Waals surface area contributed by atoms with Crippen molar-refractivity contribution in [2.75, 3.05) is 5.73 Å². The quantitative estimate of drug-likeness (QED) is 0.785. The number of thiazole rings is 1. The minimum Gasteiger partial charge on any atom is -0.375 e. The van der Waals surface area contributed by atoms with Gasteiger partial charge < -0.3 is 11.5 Å². The maximum atomic E-state index is 10.9. The van der Waals surface area contributed by atoms with Gasteiger partial charge in [0.25, 0.3) is 0 Å². The second-order valence-corrected chi connectivity index (χ2v) is 3.75. The lowest BCUT2D eigenvalue weighted by Gasteiger charge is -1.98. The molecule has 5 nitrogen and oxygen atoms in total. The largest absolute Gasteiger partial charge is 0.375 e. The van der Waals surface area contributed by atoms with Crippen molar-refractivity contribution in [3.8, 4) is 11.4 Å². The highest BCUT2D eigenvalue weighted by molar-refractivity contribution is 7.13. The van der Waals surface area contributed by atoms with Gasteiger partial charge in [-0.1, -0.05) is 0 Å². The Bertz CT molecular complexity index is 508. The molecule has 0 aromatic carbocycles. The summed E-state index contributed by atoms with van der Waals surface area (Å²) in [6.07, 6.45) is 1.52. The number of nitrogen functional groups attached to an aromatic ring is 1. The Morgan fingerprint density at radius 2 is 2.20 bits per heavy atom. The summed E-state index contributed by atoms with van der Waals surface area (Å²) in [5.74, 6) is -0.484. The molecular weight excluding hydrogens is 212 g/mol. The molecule has 0 saturated carbocycles. The van der Waals surface area contributed by atoms with Crippen LogP contribution in [-0.4, -0.2) is 15.9 Å². The molecule has 2 heterocycles. The second kappa shape index (κ2) is 3.66. The Balaban J connectivity index is 2.45. The van der Waals surface area contributed by atoms with Gasteiger partial charge >= 0.3 is 0 Å². The summed E-state index contributed by atoms with van der Waals surface area (Å²) >= 11 is 1.32. The number of anilines is 1. The lowest BCUT2D eigenvalue weighted by molar-refractivity contribution is 0.1000. The number of carbonyl (C=O) groups is 1. The minimum atomic E-state index is -0.484. The number of amides is 1. The maximum Gasteiger partial charge on any atom is 0.248 e. The molecule has 6 heteroatoms. The van der Waals surface area contributed by atoms with Gasteiger partial charge in [0.15, 0.2) is 5.13 Å². The van der Waals surface area contributed by atoms with Crippen LogP contribution in [0.25, 0.3) is 11.4 Å². The molecule has 0 saturated heterocycles. The van der Waals surface area contributed by atoms with E-state index >= 15 is 0 Å². The standard InChI is InChI=1S/C9H8N4OS/c10-8(14)5-1-2-12-6(3-5)7-4-15-9(11)13-7/h1-4H,(H2,10,14)(H2,11,13). The minimum absolute atomic E-state index is 0.409. The molecule has 0 aliphatic carbocycles. The van der Waals surface area contributed by atoms with Crippen molar-refractivity contribution < 1.29 is 4.79 Å². The Kier molecular flexibility index (Phi) is 2.34. The average Bonchev–Trinajstić information content (AvgIpc) is 2.65. The number of carbonyl (C=O) groups excluding carboxylic acids is 1. The number of nitrogens with two attached hydrogens (primary N) is 2. The summed E-state index contributed by atoms with van der Waals surface area (Å²) in [5.41, 5.74) is 12.3. The van der Waals surface area contributed by atoms with Crippen LogP contribution in [0.5, 0.6) is 0 Å².